The van der Waals surface area contributed by atoms with Crippen molar-refractivity contribution in [1.82, 2.24) is 20.4 Å². The smallest absolute Gasteiger partial charge is 0.241 e. The van der Waals surface area contributed by atoms with Crippen LogP contribution in [0.25, 0.3) is 0 Å². The Hall–Kier alpha value is -1.56. The Labute approximate surface area is 107 Å². The molecule has 1 aromatic rings. The van der Waals surface area contributed by atoms with Gasteiger partial charge in [0.15, 0.2) is 0 Å². The molecule has 1 atom stereocenters. The molecule has 0 aromatic carbocycles. The van der Waals surface area contributed by atoms with Gasteiger partial charge in [-0.25, -0.2) is 0 Å². The van der Waals surface area contributed by atoms with Crippen LogP contribution in [-0.2, 0) is 11.3 Å². The fourth-order valence-corrected chi connectivity index (χ4v) is 2.11. The summed E-state index contributed by atoms with van der Waals surface area (Å²) in [5.41, 5.74) is 0.964. The number of hydrogen-bond acceptors (Lipinski definition) is 4. The first-order valence-electron chi connectivity index (χ1n) is 6.48. The molecular weight excluding hydrogens is 230 g/mol. The van der Waals surface area contributed by atoms with Crippen LogP contribution in [0.5, 0.6) is 0 Å². The van der Waals surface area contributed by atoms with Crippen molar-refractivity contribution >= 4 is 11.6 Å². The summed E-state index contributed by atoms with van der Waals surface area (Å²) in [6.45, 7) is 2.29. The van der Waals surface area contributed by atoms with Crippen molar-refractivity contribution in [3.8, 4) is 0 Å². The number of amides is 1. The number of nitrogens with zero attached hydrogens (tertiary/aromatic N) is 2. The van der Waals surface area contributed by atoms with E-state index in [1.54, 1.807) is 17.9 Å². The molecular formula is C12H21N5O. The summed E-state index contributed by atoms with van der Waals surface area (Å²) in [5.74, 6) is -0.0430. The van der Waals surface area contributed by atoms with Crippen LogP contribution in [0.15, 0.2) is 12.4 Å². The third kappa shape index (κ3) is 3.73. The van der Waals surface area contributed by atoms with Gasteiger partial charge < -0.3 is 16.0 Å². The maximum absolute atomic E-state index is 11.2. The lowest BCUT2D eigenvalue weighted by Gasteiger charge is -2.23. The lowest BCUT2D eigenvalue weighted by Crippen LogP contribution is -2.39. The van der Waals surface area contributed by atoms with Crippen molar-refractivity contribution < 1.29 is 4.79 Å². The Morgan fingerprint density at radius 1 is 1.61 bits per heavy atom. The molecule has 100 valence electrons. The van der Waals surface area contributed by atoms with E-state index in [2.05, 4.69) is 21.0 Å². The normalized spacial score (nSPS) is 19.5. The summed E-state index contributed by atoms with van der Waals surface area (Å²) in [6.07, 6.45) is 7.42. The van der Waals surface area contributed by atoms with E-state index in [0.717, 1.165) is 18.8 Å². The molecule has 2 rings (SSSR count). The van der Waals surface area contributed by atoms with E-state index in [-0.39, 0.29) is 12.5 Å². The number of aromatic nitrogens is 2. The number of hydrogen-bond donors (Lipinski definition) is 3. The summed E-state index contributed by atoms with van der Waals surface area (Å²) in [7, 11) is 1.62. The summed E-state index contributed by atoms with van der Waals surface area (Å²) < 4.78 is 1.63. The molecule has 1 aliphatic heterocycles. The van der Waals surface area contributed by atoms with Gasteiger partial charge in [-0.15, -0.1) is 0 Å². The Balaban J connectivity index is 1.77. The molecule has 0 radical (unpaired) electrons. The monoisotopic (exact) mass is 251 g/mol. The van der Waals surface area contributed by atoms with Crippen LogP contribution in [0.3, 0.4) is 0 Å². The van der Waals surface area contributed by atoms with Crippen LogP contribution in [0.1, 0.15) is 19.3 Å². The standard InChI is InChI=1S/C12H21N5O/c1-13-12(18)9-17-8-11(7-16-17)15-6-10-4-2-3-5-14-10/h7-8,10,14-15H,2-6,9H2,1H3,(H,13,18). The van der Waals surface area contributed by atoms with Crippen LogP contribution < -0.4 is 16.0 Å². The number of rotatable bonds is 5. The predicted molar refractivity (Wildman–Crippen MR) is 70.4 cm³/mol. The van der Waals surface area contributed by atoms with Gasteiger partial charge in [0, 0.05) is 25.8 Å². The first kappa shape index (κ1) is 12.9. The van der Waals surface area contributed by atoms with Crippen molar-refractivity contribution in [2.75, 3.05) is 25.5 Å². The van der Waals surface area contributed by atoms with E-state index >= 15 is 0 Å². The van der Waals surface area contributed by atoms with Gasteiger partial charge in [0.25, 0.3) is 0 Å². The summed E-state index contributed by atoms with van der Waals surface area (Å²) in [4.78, 5) is 11.2. The molecule has 0 saturated carbocycles. The van der Waals surface area contributed by atoms with Crippen molar-refractivity contribution in [3.63, 3.8) is 0 Å². The highest BCUT2D eigenvalue weighted by molar-refractivity contribution is 5.75. The van der Waals surface area contributed by atoms with Crippen molar-refractivity contribution in [1.29, 1.82) is 0 Å². The fraction of sp³-hybridized carbons (Fsp3) is 0.667. The zero-order chi connectivity index (χ0) is 12.8. The van der Waals surface area contributed by atoms with E-state index in [1.165, 1.54) is 19.3 Å². The summed E-state index contributed by atoms with van der Waals surface area (Å²) in [5, 5.41) is 13.5. The maximum atomic E-state index is 11.2. The topological polar surface area (TPSA) is 71.0 Å². The van der Waals surface area contributed by atoms with E-state index in [9.17, 15) is 4.79 Å². The van der Waals surface area contributed by atoms with Gasteiger partial charge in [-0.1, -0.05) is 6.42 Å². The first-order chi connectivity index (χ1) is 8.78. The number of nitrogens with one attached hydrogen (secondary N) is 3. The molecule has 6 heteroatoms. The molecule has 0 bridgehead atoms. The molecule has 18 heavy (non-hydrogen) atoms. The molecule has 0 aliphatic carbocycles. The van der Waals surface area contributed by atoms with Crippen LogP contribution >= 0.6 is 0 Å². The van der Waals surface area contributed by atoms with Gasteiger partial charge in [0.1, 0.15) is 6.54 Å². The number of likely N-dealkylation sites (N-methyl/N-ethyl adjacent to an activating group) is 1. The van der Waals surface area contributed by atoms with Crippen LogP contribution in [-0.4, -0.2) is 41.9 Å². The minimum Gasteiger partial charge on any atom is -0.381 e. The Bertz CT molecular complexity index is 384. The molecule has 1 aliphatic rings. The van der Waals surface area contributed by atoms with Gasteiger partial charge >= 0.3 is 0 Å². The molecule has 0 spiro atoms. The Morgan fingerprint density at radius 2 is 2.50 bits per heavy atom. The van der Waals surface area contributed by atoms with E-state index in [0.29, 0.717) is 6.04 Å². The lowest BCUT2D eigenvalue weighted by molar-refractivity contribution is -0.121. The summed E-state index contributed by atoms with van der Waals surface area (Å²) >= 11 is 0. The van der Waals surface area contributed by atoms with Gasteiger partial charge in [0.2, 0.25) is 5.91 Å². The minimum atomic E-state index is -0.0430. The fourth-order valence-electron chi connectivity index (χ4n) is 2.11. The quantitative estimate of drug-likeness (QED) is 0.698. The molecule has 1 amide bonds. The minimum absolute atomic E-state index is 0.0430. The molecule has 3 N–H and O–H groups in total. The average molecular weight is 251 g/mol. The van der Waals surface area contributed by atoms with Crippen molar-refractivity contribution in [3.05, 3.63) is 12.4 Å². The zero-order valence-electron chi connectivity index (χ0n) is 10.8. The van der Waals surface area contributed by atoms with Gasteiger partial charge in [-0.2, -0.15) is 5.10 Å². The molecule has 1 aromatic heterocycles. The number of piperidine rings is 1. The number of carbonyl (C=O) groups excluding carboxylic acids is 1. The second-order valence-electron chi connectivity index (χ2n) is 4.63. The molecule has 1 saturated heterocycles. The van der Waals surface area contributed by atoms with Crippen molar-refractivity contribution in [2.45, 2.75) is 31.8 Å². The van der Waals surface area contributed by atoms with Gasteiger partial charge in [-0.3, -0.25) is 9.48 Å². The van der Waals surface area contributed by atoms with Crippen LogP contribution in [0, 0.1) is 0 Å². The second kappa shape index (κ2) is 6.39. The van der Waals surface area contributed by atoms with E-state index < -0.39 is 0 Å². The molecule has 2 heterocycles. The van der Waals surface area contributed by atoms with Crippen LogP contribution in [0.4, 0.5) is 5.69 Å². The third-order valence-corrected chi connectivity index (χ3v) is 3.18. The van der Waals surface area contributed by atoms with Crippen LogP contribution in [0.2, 0.25) is 0 Å². The molecule has 6 nitrogen and oxygen atoms in total. The maximum Gasteiger partial charge on any atom is 0.241 e. The number of carbonyl (C=O) groups is 1. The number of anilines is 1. The molecule has 1 unspecified atom stereocenters. The Kier molecular flexibility index (Phi) is 4.58. The largest absolute Gasteiger partial charge is 0.381 e. The molecule has 1 fully saturated rings. The summed E-state index contributed by atoms with van der Waals surface area (Å²) in [6, 6.07) is 0.543. The first-order valence-corrected chi connectivity index (χ1v) is 6.48. The van der Waals surface area contributed by atoms with Gasteiger partial charge in [0.05, 0.1) is 11.9 Å². The second-order valence-corrected chi connectivity index (χ2v) is 4.63. The van der Waals surface area contributed by atoms with Crippen molar-refractivity contribution in [2.24, 2.45) is 0 Å². The average Bonchev–Trinajstić information content (AvgIpc) is 2.85. The highest BCUT2D eigenvalue weighted by Gasteiger charge is 2.12. The highest BCUT2D eigenvalue weighted by atomic mass is 16.1. The zero-order valence-corrected chi connectivity index (χ0v) is 10.8. The third-order valence-electron chi connectivity index (χ3n) is 3.18. The highest BCUT2D eigenvalue weighted by Crippen LogP contribution is 2.09. The van der Waals surface area contributed by atoms with Gasteiger partial charge in [-0.05, 0) is 19.4 Å². The predicted octanol–water partition coefficient (Wildman–Crippen LogP) is 0.183. The van der Waals surface area contributed by atoms with E-state index in [4.69, 9.17) is 0 Å². The lowest BCUT2D eigenvalue weighted by atomic mass is 10.1. The Morgan fingerprint density at radius 3 is 3.22 bits per heavy atom. The van der Waals surface area contributed by atoms with E-state index in [1.807, 2.05) is 6.20 Å². The SMILES string of the molecule is CNC(=O)Cn1cc(NCC2CCCCN2)cn1.